The molecule has 1 amide bonds. The van der Waals surface area contributed by atoms with Crippen LogP contribution in [0.15, 0.2) is 47.5 Å². The van der Waals surface area contributed by atoms with Crippen molar-refractivity contribution < 1.29 is 9.53 Å². The molecule has 29 heavy (non-hydrogen) atoms. The Hall–Kier alpha value is -3.02. The van der Waals surface area contributed by atoms with Crippen molar-refractivity contribution in [1.82, 2.24) is 10.6 Å². The highest BCUT2D eigenvalue weighted by molar-refractivity contribution is 5.95. The highest BCUT2D eigenvalue weighted by atomic mass is 16.5. The van der Waals surface area contributed by atoms with Crippen molar-refractivity contribution in [3.8, 4) is 5.75 Å². The third-order valence-corrected chi connectivity index (χ3v) is 5.02. The van der Waals surface area contributed by atoms with Crippen molar-refractivity contribution in [2.24, 2.45) is 4.99 Å². The number of amides is 1. The SMILES string of the molecule is CCNC(=NCc1ccc(C)c(OC)c1)NCc1ccc(N2CCCC2=O)cc1. The molecule has 6 nitrogen and oxygen atoms in total. The third-order valence-electron chi connectivity index (χ3n) is 5.02. The highest BCUT2D eigenvalue weighted by Crippen LogP contribution is 2.22. The van der Waals surface area contributed by atoms with Crippen molar-refractivity contribution >= 4 is 17.6 Å². The second kappa shape index (κ2) is 9.96. The Labute approximate surface area is 173 Å². The van der Waals surface area contributed by atoms with Crippen LogP contribution in [-0.4, -0.2) is 32.1 Å². The average molecular weight is 395 g/mol. The van der Waals surface area contributed by atoms with Crippen LogP contribution in [0.1, 0.15) is 36.5 Å². The Morgan fingerprint density at radius 1 is 1.14 bits per heavy atom. The van der Waals surface area contributed by atoms with Crippen LogP contribution in [0, 0.1) is 6.92 Å². The van der Waals surface area contributed by atoms with Crippen LogP contribution in [0.2, 0.25) is 0 Å². The first-order valence-corrected chi connectivity index (χ1v) is 10.2. The van der Waals surface area contributed by atoms with Gasteiger partial charge in [0.25, 0.3) is 0 Å². The van der Waals surface area contributed by atoms with Gasteiger partial charge in [0, 0.05) is 31.7 Å². The molecule has 3 rings (SSSR count). The fourth-order valence-corrected chi connectivity index (χ4v) is 3.38. The van der Waals surface area contributed by atoms with Gasteiger partial charge in [-0.15, -0.1) is 0 Å². The zero-order chi connectivity index (χ0) is 20.6. The third kappa shape index (κ3) is 5.50. The van der Waals surface area contributed by atoms with Crippen LogP contribution in [-0.2, 0) is 17.9 Å². The van der Waals surface area contributed by atoms with E-state index in [9.17, 15) is 4.79 Å². The summed E-state index contributed by atoms with van der Waals surface area (Å²) in [6, 6.07) is 14.3. The lowest BCUT2D eigenvalue weighted by Crippen LogP contribution is -2.36. The molecular formula is C23H30N4O2. The average Bonchev–Trinajstić information content (AvgIpc) is 3.17. The van der Waals surface area contributed by atoms with E-state index in [4.69, 9.17) is 4.74 Å². The van der Waals surface area contributed by atoms with Crippen molar-refractivity contribution in [1.29, 1.82) is 0 Å². The smallest absolute Gasteiger partial charge is 0.227 e. The maximum Gasteiger partial charge on any atom is 0.227 e. The Morgan fingerprint density at radius 3 is 2.55 bits per heavy atom. The van der Waals surface area contributed by atoms with E-state index in [1.54, 1.807) is 7.11 Å². The molecule has 0 spiro atoms. The van der Waals surface area contributed by atoms with E-state index in [-0.39, 0.29) is 5.91 Å². The van der Waals surface area contributed by atoms with Gasteiger partial charge >= 0.3 is 0 Å². The maximum absolute atomic E-state index is 11.9. The van der Waals surface area contributed by atoms with Crippen LogP contribution in [0.25, 0.3) is 0 Å². The molecule has 0 unspecified atom stereocenters. The fourth-order valence-electron chi connectivity index (χ4n) is 3.38. The molecule has 0 saturated carbocycles. The lowest BCUT2D eigenvalue weighted by atomic mass is 10.1. The molecule has 1 aliphatic heterocycles. The van der Waals surface area contributed by atoms with Crippen LogP contribution in [0.4, 0.5) is 5.69 Å². The second-order valence-electron chi connectivity index (χ2n) is 7.17. The fraction of sp³-hybridized carbons (Fsp3) is 0.391. The molecule has 0 aromatic heterocycles. The molecule has 154 valence electrons. The number of aliphatic imine (C=N–C) groups is 1. The molecule has 0 atom stereocenters. The van der Waals surface area contributed by atoms with Crippen molar-refractivity contribution in [2.75, 3.05) is 25.1 Å². The molecule has 1 heterocycles. The van der Waals surface area contributed by atoms with Gasteiger partial charge in [-0.2, -0.15) is 0 Å². The Balaban J connectivity index is 1.60. The van der Waals surface area contributed by atoms with E-state index in [0.29, 0.717) is 19.5 Å². The van der Waals surface area contributed by atoms with Gasteiger partial charge in [0.2, 0.25) is 5.91 Å². The van der Waals surface area contributed by atoms with Crippen LogP contribution in [0.3, 0.4) is 0 Å². The molecule has 0 radical (unpaired) electrons. The Bertz CT molecular complexity index is 862. The van der Waals surface area contributed by atoms with E-state index in [2.05, 4.69) is 39.9 Å². The molecule has 2 N–H and O–H groups in total. The van der Waals surface area contributed by atoms with Crippen molar-refractivity contribution in [3.63, 3.8) is 0 Å². The summed E-state index contributed by atoms with van der Waals surface area (Å²) in [5, 5.41) is 6.65. The van der Waals surface area contributed by atoms with Gasteiger partial charge in [-0.3, -0.25) is 4.79 Å². The van der Waals surface area contributed by atoms with E-state index in [0.717, 1.165) is 53.6 Å². The number of rotatable bonds is 7. The number of hydrogen-bond acceptors (Lipinski definition) is 3. The summed E-state index contributed by atoms with van der Waals surface area (Å²) in [6.45, 7) is 6.92. The van der Waals surface area contributed by atoms with Gasteiger partial charge < -0.3 is 20.3 Å². The first-order chi connectivity index (χ1) is 14.1. The van der Waals surface area contributed by atoms with Crippen LogP contribution < -0.4 is 20.3 Å². The number of methoxy groups -OCH3 is 1. The van der Waals surface area contributed by atoms with Crippen molar-refractivity contribution in [2.45, 2.75) is 39.8 Å². The van der Waals surface area contributed by atoms with Crippen molar-refractivity contribution in [3.05, 3.63) is 59.2 Å². The quantitative estimate of drug-likeness (QED) is 0.558. The van der Waals surface area contributed by atoms with Crippen LogP contribution in [0.5, 0.6) is 5.75 Å². The number of carbonyl (C=O) groups excluding carboxylic acids is 1. The number of aryl methyl sites for hydroxylation is 1. The molecular weight excluding hydrogens is 364 g/mol. The lowest BCUT2D eigenvalue weighted by molar-refractivity contribution is -0.117. The van der Waals surface area contributed by atoms with Gasteiger partial charge in [-0.1, -0.05) is 24.3 Å². The van der Waals surface area contributed by atoms with E-state index >= 15 is 0 Å². The second-order valence-corrected chi connectivity index (χ2v) is 7.17. The zero-order valence-corrected chi connectivity index (χ0v) is 17.5. The first-order valence-electron chi connectivity index (χ1n) is 10.2. The molecule has 2 aromatic rings. The Kier molecular flexibility index (Phi) is 7.11. The van der Waals surface area contributed by atoms with Gasteiger partial charge in [-0.25, -0.2) is 4.99 Å². The summed E-state index contributed by atoms with van der Waals surface area (Å²) in [6.07, 6.45) is 1.59. The molecule has 0 bridgehead atoms. The molecule has 6 heteroatoms. The summed E-state index contributed by atoms with van der Waals surface area (Å²) in [4.78, 5) is 18.4. The maximum atomic E-state index is 11.9. The summed E-state index contributed by atoms with van der Waals surface area (Å²) in [5.41, 5.74) is 4.33. The largest absolute Gasteiger partial charge is 0.496 e. The normalized spacial score (nSPS) is 14.2. The standard InChI is InChI=1S/C23H30N4O2/c1-4-24-23(26-16-19-8-7-17(2)21(14-19)29-3)25-15-18-9-11-20(12-10-18)27-13-5-6-22(27)28/h7-12,14H,4-6,13,15-16H2,1-3H3,(H2,24,25,26). The van der Waals surface area contributed by atoms with Crippen LogP contribution >= 0.6 is 0 Å². The summed E-state index contributed by atoms with van der Waals surface area (Å²) >= 11 is 0. The number of carbonyl (C=O) groups is 1. The summed E-state index contributed by atoms with van der Waals surface area (Å²) in [5.74, 6) is 1.86. The van der Waals surface area contributed by atoms with Gasteiger partial charge in [0.1, 0.15) is 5.75 Å². The van der Waals surface area contributed by atoms with E-state index in [1.807, 2.05) is 36.9 Å². The van der Waals surface area contributed by atoms with Gasteiger partial charge in [0.15, 0.2) is 5.96 Å². The minimum absolute atomic E-state index is 0.213. The highest BCUT2D eigenvalue weighted by Gasteiger charge is 2.21. The van der Waals surface area contributed by atoms with E-state index in [1.165, 1.54) is 0 Å². The number of nitrogens with one attached hydrogen (secondary N) is 2. The number of anilines is 1. The number of ether oxygens (including phenoxy) is 1. The number of nitrogens with zero attached hydrogens (tertiary/aromatic N) is 2. The monoisotopic (exact) mass is 394 g/mol. The summed E-state index contributed by atoms with van der Waals surface area (Å²) < 4.78 is 5.39. The first kappa shape index (κ1) is 20.7. The molecule has 0 aliphatic carbocycles. The zero-order valence-electron chi connectivity index (χ0n) is 17.5. The number of hydrogen-bond donors (Lipinski definition) is 2. The predicted molar refractivity (Wildman–Crippen MR) is 117 cm³/mol. The minimum Gasteiger partial charge on any atom is -0.496 e. The topological polar surface area (TPSA) is 66.0 Å². The Morgan fingerprint density at radius 2 is 1.90 bits per heavy atom. The molecule has 1 saturated heterocycles. The number of guanidine groups is 1. The number of benzene rings is 2. The molecule has 2 aromatic carbocycles. The molecule has 1 aliphatic rings. The lowest BCUT2D eigenvalue weighted by Gasteiger charge is -2.16. The van der Waals surface area contributed by atoms with E-state index < -0.39 is 0 Å². The van der Waals surface area contributed by atoms with Gasteiger partial charge in [-0.05, 0) is 55.2 Å². The summed E-state index contributed by atoms with van der Waals surface area (Å²) in [7, 11) is 1.69. The molecule has 1 fully saturated rings. The van der Waals surface area contributed by atoms with Gasteiger partial charge in [0.05, 0.1) is 13.7 Å². The minimum atomic E-state index is 0.213. The predicted octanol–water partition coefficient (Wildman–Crippen LogP) is 3.39.